The number of hydrogen-bond acceptors (Lipinski definition) is 6. The standard InChI is InChI=1S/C12H24NO2.C2F6NO4S2/c1-6-13(5,7-2)9-8-10-15-12(14)11(3)4;3-1(4,5)14(10,11)9-15(12,13)2(6,7)8/h3,6-10H2,1-2,4-5H3;/q+1;-1. The Labute approximate surface area is 171 Å². The van der Waals surface area contributed by atoms with Gasteiger partial charge in [-0.1, -0.05) is 6.58 Å². The maximum atomic E-state index is 11.4. The molecule has 0 radical (unpaired) electrons. The number of alkyl halides is 6. The van der Waals surface area contributed by atoms with E-state index in [1.807, 2.05) is 0 Å². The van der Waals surface area contributed by atoms with Crippen molar-refractivity contribution >= 4 is 26.0 Å². The lowest BCUT2D eigenvalue weighted by Crippen LogP contribution is -2.44. The molecule has 0 heterocycles. The highest BCUT2D eigenvalue weighted by Crippen LogP contribution is 2.36. The fourth-order valence-electron chi connectivity index (χ4n) is 1.49. The Kier molecular flexibility index (Phi) is 11.6. The minimum atomic E-state index is -6.72. The van der Waals surface area contributed by atoms with Crippen molar-refractivity contribution in [3.8, 4) is 0 Å². The van der Waals surface area contributed by atoms with Crippen LogP contribution in [0, 0.1) is 0 Å². The Morgan fingerprint density at radius 1 is 0.967 bits per heavy atom. The first-order chi connectivity index (χ1) is 13.2. The third kappa shape index (κ3) is 10.6. The molecule has 0 fully saturated rings. The number of ether oxygens (including phenoxy) is 1. The number of carbonyl (C=O) groups excluding carboxylic acids is 1. The second kappa shape index (κ2) is 11.3. The van der Waals surface area contributed by atoms with Gasteiger partial charge < -0.3 is 13.3 Å². The summed E-state index contributed by atoms with van der Waals surface area (Å²) in [4.78, 5) is 11.1. The average Bonchev–Trinajstić information content (AvgIpc) is 2.55. The molecule has 0 saturated heterocycles. The van der Waals surface area contributed by atoms with Crippen LogP contribution in [0.5, 0.6) is 0 Å². The van der Waals surface area contributed by atoms with Crippen molar-refractivity contribution in [2.75, 3.05) is 33.3 Å². The van der Waals surface area contributed by atoms with E-state index >= 15 is 0 Å². The van der Waals surface area contributed by atoms with Gasteiger partial charge in [0.25, 0.3) is 0 Å². The summed E-state index contributed by atoms with van der Waals surface area (Å²) in [6.45, 7) is 13.4. The van der Waals surface area contributed by atoms with Crippen LogP contribution < -0.4 is 0 Å². The summed E-state index contributed by atoms with van der Waals surface area (Å²) >= 11 is 0. The molecule has 180 valence electrons. The number of nitrogens with zero attached hydrogens (tertiary/aromatic N) is 2. The lowest BCUT2D eigenvalue weighted by Gasteiger charge is -2.31. The van der Waals surface area contributed by atoms with E-state index in [1.54, 1.807) is 6.92 Å². The third-order valence-corrected chi connectivity index (χ3v) is 6.47. The van der Waals surface area contributed by atoms with Crippen molar-refractivity contribution in [1.29, 1.82) is 0 Å². The van der Waals surface area contributed by atoms with Crippen LogP contribution >= 0.6 is 0 Å². The second-order valence-electron chi connectivity index (χ2n) is 6.16. The van der Waals surface area contributed by atoms with Crippen LogP contribution in [-0.4, -0.2) is 71.6 Å². The molecule has 16 heteroatoms. The minimum Gasteiger partial charge on any atom is -0.462 e. The van der Waals surface area contributed by atoms with E-state index < -0.39 is 31.1 Å². The Balaban J connectivity index is 0. The smallest absolute Gasteiger partial charge is 0.462 e. The molecule has 0 N–H and O–H groups in total. The maximum Gasteiger partial charge on any atom is 0.480 e. The van der Waals surface area contributed by atoms with Gasteiger partial charge in [-0.25, -0.2) is 21.6 Å². The van der Waals surface area contributed by atoms with Gasteiger partial charge in [-0.15, -0.1) is 0 Å². The van der Waals surface area contributed by atoms with Gasteiger partial charge in [-0.2, -0.15) is 26.3 Å². The molecule has 0 unspecified atom stereocenters. The number of esters is 1. The minimum absolute atomic E-state index is 0.280. The molecule has 0 aromatic rings. The van der Waals surface area contributed by atoms with Gasteiger partial charge in [-0.3, -0.25) is 0 Å². The van der Waals surface area contributed by atoms with Crippen LogP contribution in [0.15, 0.2) is 12.2 Å². The molecular weight excluding hydrogens is 470 g/mol. The molecule has 0 spiro atoms. The molecular formula is C14H24F6N2O6S2. The fraction of sp³-hybridized carbons (Fsp3) is 0.786. The van der Waals surface area contributed by atoms with Crippen LogP contribution in [0.25, 0.3) is 4.13 Å². The largest absolute Gasteiger partial charge is 0.480 e. The zero-order valence-electron chi connectivity index (χ0n) is 16.7. The third-order valence-electron chi connectivity index (χ3n) is 3.73. The van der Waals surface area contributed by atoms with Crippen LogP contribution in [0.3, 0.4) is 0 Å². The Hall–Kier alpha value is -1.39. The summed E-state index contributed by atoms with van der Waals surface area (Å²) in [6.07, 6.45) is 0.914. The summed E-state index contributed by atoms with van der Waals surface area (Å²) < 4.78 is 115. The Morgan fingerprint density at radius 2 is 1.33 bits per heavy atom. The van der Waals surface area contributed by atoms with Crippen molar-refractivity contribution in [3.05, 3.63) is 16.3 Å². The van der Waals surface area contributed by atoms with Crippen LogP contribution in [0.2, 0.25) is 0 Å². The molecule has 0 aliphatic carbocycles. The van der Waals surface area contributed by atoms with E-state index in [-0.39, 0.29) is 5.97 Å². The molecule has 0 bridgehead atoms. The highest BCUT2D eigenvalue weighted by Gasteiger charge is 2.46. The molecule has 0 rings (SSSR count). The van der Waals surface area contributed by atoms with Gasteiger partial charge in [0.15, 0.2) is 20.0 Å². The molecule has 0 atom stereocenters. The summed E-state index contributed by atoms with van der Waals surface area (Å²) in [6, 6.07) is 0. The van der Waals surface area contributed by atoms with Crippen molar-refractivity contribution < 1.29 is 57.2 Å². The van der Waals surface area contributed by atoms with E-state index in [2.05, 4.69) is 27.5 Å². The number of carbonyl (C=O) groups is 1. The predicted octanol–water partition coefficient (Wildman–Crippen LogP) is 3.04. The highest BCUT2D eigenvalue weighted by atomic mass is 32.3. The van der Waals surface area contributed by atoms with Gasteiger partial charge in [0.1, 0.15) is 0 Å². The highest BCUT2D eigenvalue weighted by molar-refractivity contribution is 8.13. The van der Waals surface area contributed by atoms with Crippen molar-refractivity contribution in [3.63, 3.8) is 0 Å². The van der Waals surface area contributed by atoms with Crippen LogP contribution in [-0.2, 0) is 29.6 Å². The van der Waals surface area contributed by atoms with Crippen LogP contribution in [0.1, 0.15) is 27.2 Å². The van der Waals surface area contributed by atoms with Crippen molar-refractivity contribution in [2.24, 2.45) is 0 Å². The number of hydrogen-bond donors (Lipinski definition) is 0. The lowest BCUT2D eigenvalue weighted by atomic mass is 10.3. The monoisotopic (exact) mass is 494 g/mol. The molecule has 8 nitrogen and oxygen atoms in total. The molecule has 0 amide bonds. The zero-order valence-corrected chi connectivity index (χ0v) is 18.3. The maximum absolute atomic E-state index is 11.4. The topological polar surface area (TPSA) is 109 Å². The van der Waals surface area contributed by atoms with Crippen LogP contribution in [0.4, 0.5) is 26.3 Å². The summed E-state index contributed by atoms with van der Waals surface area (Å²) in [5, 5.41) is 0. The zero-order chi connectivity index (χ0) is 24.6. The SMILES string of the molecule is C=C(C)C(=O)OCCC[N+](C)(CC)CC.O=S(=O)([N-]S(=O)(=O)C(F)(F)F)C(F)(F)F. The summed E-state index contributed by atoms with van der Waals surface area (Å²) in [5.74, 6) is -0.280. The van der Waals surface area contributed by atoms with E-state index in [9.17, 15) is 48.0 Å². The van der Waals surface area contributed by atoms with Gasteiger partial charge in [0, 0.05) is 12.0 Å². The van der Waals surface area contributed by atoms with Gasteiger partial charge in [-0.05, 0) is 20.8 Å². The average molecular weight is 494 g/mol. The van der Waals surface area contributed by atoms with E-state index in [4.69, 9.17) is 4.74 Å². The van der Waals surface area contributed by atoms with E-state index in [0.717, 1.165) is 34.7 Å². The first kappa shape index (κ1) is 30.8. The molecule has 0 aliphatic rings. The number of sulfonamides is 2. The van der Waals surface area contributed by atoms with E-state index in [1.165, 1.54) is 0 Å². The number of halogens is 6. The molecule has 0 saturated carbocycles. The second-order valence-corrected chi connectivity index (χ2v) is 9.58. The van der Waals surface area contributed by atoms with Crippen molar-refractivity contribution in [1.82, 2.24) is 0 Å². The number of rotatable bonds is 9. The van der Waals surface area contributed by atoms with Gasteiger partial charge in [0.05, 0.1) is 33.3 Å². The summed E-state index contributed by atoms with van der Waals surface area (Å²) in [7, 11) is -11.2. The quantitative estimate of drug-likeness (QED) is 0.160. The predicted molar refractivity (Wildman–Crippen MR) is 95.8 cm³/mol. The first-order valence-electron chi connectivity index (χ1n) is 8.18. The molecule has 30 heavy (non-hydrogen) atoms. The number of quaternary nitrogens is 1. The molecule has 0 aromatic carbocycles. The van der Waals surface area contributed by atoms with E-state index in [0.29, 0.717) is 12.2 Å². The Morgan fingerprint density at radius 3 is 1.60 bits per heavy atom. The fourth-order valence-corrected chi connectivity index (χ4v) is 3.20. The van der Waals surface area contributed by atoms with Gasteiger partial charge >= 0.3 is 17.0 Å². The van der Waals surface area contributed by atoms with Crippen molar-refractivity contribution in [2.45, 2.75) is 38.2 Å². The Bertz CT molecular complexity index is 745. The normalized spacial score (nSPS) is 13.3. The summed E-state index contributed by atoms with van der Waals surface area (Å²) in [5.41, 5.74) is -11.9. The molecule has 0 aromatic heterocycles. The molecule has 0 aliphatic heterocycles. The first-order valence-corrected chi connectivity index (χ1v) is 11.1. The van der Waals surface area contributed by atoms with Gasteiger partial charge in [0.2, 0.25) is 0 Å². The lowest BCUT2D eigenvalue weighted by molar-refractivity contribution is -0.906.